The van der Waals surface area contributed by atoms with Crippen LogP contribution in [0, 0.1) is 11.8 Å². The first-order valence-corrected chi connectivity index (χ1v) is 9.93. The van der Waals surface area contributed by atoms with Crippen LogP contribution in [0.2, 0.25) is 0 Å². The number of anilines is 1. The van der Waals surface area contributed by atoms with E-state index in [-0.39, 0.29) is 5.91 Å². The van der Waals surface area contributed by atoms with Crippen molar-refractivity contribution in [3.05, 3.63) is 35.2 Å². The Morgan fingerprint density at radius 1 is 1.16 bits per heavy atom. The van der Waals surface area contributed by atoms with Gasteiger partial charge in [0.25, 0.3) is 5.91 Å². The number of aromatic nitrogens is 1. The number of nitrogens with one attached hydrogen (secondary N) is 2. The van der Waals surface area contributed by atoms with Gasteiger partial charge in [0.2, 0.25) is 0 Å². The monoisotopic (exact) mass is 351 g/mol. The van der Waals surface area contributed by atoms with E-state index < -0.39 is 0 Å². The van der Waals surface area contributed by atoms with Crippen molar-refractivity contribution < 1.29 is 4.79 Å². The lowest BCUT2D eigenvalue weighted by molar-refractivity contribution is 0.0964. The van der Waals surface area contributed by atoms with Crippen LogP contribution in [0.15, 0.2) is 29.6 Å². The van der Waals surface area contributed by atoms with Gasteiger partial charge in [0.15, 0.2) is 0 Å². The number of hydrogen-bond donors (Lipinski definition) is 2. The van der Waals surface area contributed by atoms with Gasteiger partial charge in [-0.15, -0.1) is 11.3 Å². The van der Waals surface area contributed by atoms with Crippen molar-refractivity contribution in [3.63, 3.8) is 0 Å². The van der Waals surface area contributed by atoms with Crippen molar-refractivity contribution in [1.82, 2.24) is 10.3 Å². The zero-order valence-electron chi connectivity index (χ0n) is 14.2. The minimum atomic E-state index is -0.0825. The fourth-order valence-corrected chi connectivity index (χ4v) is 4.76. The number of thiophene rings is 1. The molecule has 128 valence electrons. The fourth-order valence-electron chi connectivity index (χ4n) is 3.84. The van der Waals surface area contributed by atoms with E-state index >= 15 is 0 Å². The third-order valence-corrected chi connectivity index (χ3v) is 6.41. The highest BCUT2D eigenvalue weighted by molar-refractivity contribution is 7.18. The van der Waals surface area contributed by atoms with Crippen LogP contribution < -0.4 is 10.6 Å². The van der Waals surface area contributed by atoms with Crippen molar-refractivity contribution >= 4 is 44.1 Å². The van der Waals surface area contributed by atoms with Gasteiger partial charge in [0.05, 0.1) is 11.1 Å². The molecule has 2 N–H and O–H groups in total. The summed E-state index contributed by atoms with van der Waals surface area (Å²) in [4.78, 5) is 17.2. The van der Waals surface area contributed by atoms with Crippen LogP contribution in [-0.2, 0) is 0 Å². The molecule has 2 aliphatic rings. The summed E-state index contributed by atoms with van der Waals surface area (Å²) in [5.74, 6) is 2.46. The van der Waals surface area contributed by atoms with Crippen molar-refractivity contribution in [2.24, 2.45) is 11.8 Å². The Bertz CT molecular complexity index is 960. The number of carbonyl (C=O) groups excluding carboxylic acids is 1. The molecule has 5 heteroatoms. The molecule has 5 rings (SSSR count). The number of amides is 1. The van der Waals surface area contributed by atoms with Crippen molar-refractivity contribution in [3.8, 4) is 0 Å². The van der Waals surface area contributed by atoms with E-state index in [1.54, 1.807) is 18.4 Å². The number of nitrogens with zero attached hydrogens (tertiary/aromatic N) is 1. The van der Waals surface area contributed by atoms with Crippen LogP contribution in [0.25, 0.3) is 21.0 Å². The molecule has 2 heterocycles. The third kappa shape index (κ3) is 2.58. The van der Waals surface area contributed by atoms with E-state index in [1.165, 1.54) is 35.8 Å². The lowest BCUT2D eigenvalue weighted by Crippen LogP contribution is -2.25. The molecule has 2 saturated carbocycles. The summed E-state index contributed by atoms with van der Waals surface area (Å²) in [5.41, 5.74) is 1.44. The summed E-state index contributed by atoms with van der Waals surface area (Å²) in [5, 5.41) is 10.9. The molecule has 0 saturated heterocycles. The standard InChI is InChI=1S/C20H21N3OS/c1-21-20(24)14-4-2-3-13-17(14)23-19(15-9-10-25-18(13)15)22-16(11-5-6-11)12-7-8-12/h2-4,9-12,16H,5-8H2,1H3,(H,21,24)(H,22,23). The SMILES string of the molecule is CNC(=O)c1cccc2c1nc(NC(C1CC1)C1CC1)c1ccsc12. The molecule has 4 nitrogen and oxygen atoms in total. The van der Waals surface area contributed by atoms with Crippen molar-refractivity contribution in [2.75, 3.05) is 12.4 Å². The largest absolute Gasteiger partial charge is 0.366 e. The summed E-state index contributed by atoms with van der Waals surface area (Å²) in [6.45, 7) is 0. The highest BCUT2D eigenvalue weighted by Gasteiger charge is 2.41. The molecule has 1 aromatic carbocycles. The Hall–Kier alpha value is -2.14. The predicted octanol–water partition coefficient (Wildman–Crippen LogP) is 4.41. The zero-order valence-corrected chi connectivity index (χ0v) is 15.0. The lowest BCUT2D eigenvalue weighted by atomic mass is 10.1. The van der Waals surface area contributed by atoms with Crippen molar-refractivity contribution in [2.45, 2.75) is 31.7 Å². The summed E-state index contributed by atoms with van der Waals surface area (Å²) in [6.07, 6.45) is 5.33. The normalized spacial score (nSPS) is 17.4. The van der Waals surface area contributed by atoms with Crippen molar-refractivity contribution in [1.29, 1.82) is 0 Å². The molecule has 0 spiro atoms. The molecule has 0 aliphatic heterocycles. The van der Waals surface area contributed by atoms with Crippen LogP contribution in [0.5, 0.6) is 0 Å². The smallest absolute Gasteiger partial charge is 0.253 e. The average molecular weight is 351 g/mol. The predicted molar refractivity (Wildman–Crippen MR) is 103 cm³/mol. The highest BCUT2D eigenvalue weighted by atomic mass is 32.1. The number of rotatable bonds is 5. The second kappa shape index (κ2) is 5.70. The van der Waals surface area contributed by atoms with E-state index in [2.05, 4.69) is 28.1 Å². The number of pyridine rings is 1. The molecule has 2 fully saturated rings. The first-order valence-electron chi connectivity index (χ1n) is 9.05. The van der Waals surface area contributed by atoms with Crippen LogP contribution in [0.1, 0.15) is 36.0 Å². The molecule has 25 heavy (non-hydrogen) atoms. The quantitative estimate of drug-likeness (QED) is 0.716. The lowest BCUT2D eigenvalue weighted by Gasteiger charge is -2.20. The molecular formula is C20H21N3OS. The molecule has 0 unspecified atom stereocenters. The molecule has 0 radical (unpaired) electrons. The summed E-state index contributed by atoms with van der Waals surface area (Å²) in [6, 6.07) is 8.56. The zero-order chi connectivity index (χ0) is 17.0. The molecule has 0 bridgehead atoms. The Morgan fingerprint density at radius 2 is 1.92 bits per heavy atom. The van der Waals surface area contributed by atoms with Gasteiger partial charge in [-0.2, -0.15) is 0 Å². The Labute approximate surface area is 150 Å². The Balaban J connectivity index is 1.68. The number of benzene rings is 1. The van der Waals surface area contributed by atoms with Gasteiger partial charge in [-0.1, -0.05) is 12.1 Å². The highest BCUT2D eigenvalue weighted by Crippen LogP contribution is 2.46. The number of carbonyl (C=O) groups is 1. The first kappa shape index (κ1) is 15.1. The number of hydrogen-bond acceptors (Lipinski definition) is 4. The Morgan fingerprint density at radius 3 is 2.60 bits per heavy atom. The molecule has 2 aliphatic carbocycles. The molecular weight excluding hydrogens is 330 g/mol. The van der Waals surface area contributed by atoms with E-state index in [1.807, 2.05) is 12.1 Å². The van der Waals surface area contributed by atoms with E-state index in [4.69, 9.17) is 4.98 Å². The van der Waals surface area contributed by atoms with E-state index in [0.29, 0.717) is 11.6 Å². The van der Waals surface area contributed by atoms with Gasteiger partial charge in [-0.3, -0.25) is 4.79 Å². The maximum atomic E-state index is 12.3. The van der Waals surface area contributed by atoms with Gasteiger partial charge in [-0.25, -0.2) is 4.98 Å². The molecule has 2 aromatic heterocycles. The third-order valence-electron chi connectivity index (χ3n) is 5.46. The Kier molecular flexibility index (Phi) is 3.45. The fraction of sp³-hybridized carbons (Fsp3) is 0.400. The van der Waals surface area contributed by atoms with Crippen LogP contribution in [-0.4, -0.2) is 24.0 Å². The van der Waals surface area contributed by atoms with Crippen LogP contribution in [0.4, 0.5) is 5.82 Å². The minimum absolute atomic E-state index is 0.0825. The topological polar surface area (TPSA) is 54.0 Å². The van der Waals surface area contributed by atoms with Gasteiger partial charge >= 0.3 is 0 Å². The molecule has 0 atom stereocenters. The maximum Gasteiger partial charge on any atom is 0.253 e. The van der Waals surface area contributed by atoms with Gasteiger partial charge in [0, 0.05) is 28.6 Å². The van der Waals surface area contributed by atoms with E-state index in [0.717, 1.165) is 28.6 Å². The average Bonchev–Trinajstić information content (AvgIpc) is 3.57. The number of fused-ring (bicyclic) bond motifs is 3. The van der Waals surface area contributed by atoms with Crippen LogP contribution in [0.3, 0.4) is 0 Å². The van der Waals surface area contributed by atoms with Gasteiger partial charge in [-0.05, 0) is 55.0 Å². The second-order valence-corrected chi connectivity index (χ2v) is 8.17. The molecule has 3 aromatic rings. The second-order valence-electron chi connectivity index (χ2n) is 7.25. The van der Waals surface area contributed by atoms with Gasteiger partial charge in [0.1, 0.15) is 5.82 Å². The summed E-state index contributed by atoms with van der Waals surface area (Å²) < 4.78 is 1.21. The minimum Gasteiger partial charge on any atom is -0.366 e. The van der Waals surface area contributed by atoms with Crippen LogP contribution >= 0.6 is 11.3 Å². The van der Waals surface area contributed by atoms with E-state index in [9.17, 15) is 4.79 Å². The molecule has 1 amide bonds. The van der Waals surface area contributed by atoms with Gasteiger partial charge < -0.3 is 10.6 Å². The number of para-hydroxylation sites is 1. The summed E-state index contributed by atoms with van der Waals surface area (Å²) >= 11 is 1.72. The maximum absolute atomic E-state index is 12.3. The first-order chi connectivity index (χ1) is 12.3. The summed E-state index contributed by atoms with van der Waals surface area (Å²) in [7, 11) is 1.67.